The predicted octanol–water partition coefficient (Wildman–Crippen LogP) is 1.06. The molecule has 0 spiro atoms. The Kier molecular flexibility index (Phi) is 3.99. The van der Waals surface area contributed by atoms with Gasteiger partial charge in [0.1, 0.15) is 0 Å². The van der Waals surface area contributed by atoms with Gasteiger partial charge in [0.25, 0.3) is 0 Å². The van der Waals surface area contributed by atoms with Gasteiger partial charge < -0.3 is 10.0 Å². The molecule has 1 atom stereocenters. The lowest BCUT2D eigenvalue weighted by Gasteiger charge is -2.32. The first kappa shape index (κ1) is 13.1. The maximum Gasteiger partial charge on any atom is 0.241 e. The van der Waals surface area contributed by atoms with Gasteiger partial charge in [0, 0.05) is 31.3 Å². The first-order valence-electron chi connectivity index (χ1n) is 6.31. The van der Waals surface area contributed by atoms with Gasteiger partial charge in [-0.05, 0) is 24.7 Å². The Hall–Kier alpha value is -1.39. The quantitative estimate of drug-likeness (QED) is 0.870. The van der Waals surface area contributed by atoms with Crippen molar-refractivity contribution in [2.45, 2.75) is 12.8 Å². The summed E-state index contributed by atoms with van der Waals surface area (Å²) >= 11 is 0. The summed E-state index contributed by atoms with van der Waals surface area (Å²) in [5.74, 6) is 0.241. The second-order valence-corrected chi connectivity index (χ2v) is 4.96. The highest BCUT2D eigenvalue weighted by atomic mass is 16.3. The van der Waals surface area contributed by atoms with Gasteiger partial charge in [0.15, 0.2) is 0 Å². The predicted molar refractivity (Wildman–Crippen MR) is 71.8 cm³/mol. The lowest BCUT2D eigenvalue weighted by atomic mass is 10.0. The van der Waals surface area contributed by atoms with Crippen LogP contribution in [0.4, 0.5) is 5.69 Å². The zero-order valence-corrected chi connectivity index (χ0v) is 11.0. The van der Waals surface area contributed by atoms with Crippen molar-refractivity contribution >= 4 is 11.6 Å². The Morgan fingerprint density at radius 1 is 1.39 bits per heavy atom. The normalized spacial score (nSPS) is 19.1. The van der Waals surface area contributed by atoms with Crippen LogP contribution in [0.1, 0.15) is 18.4 Å². The van der Waals surface area contributed by atoms with Crippen molar-refractivity contribution in [1.29, 1.82) is 0 Å². The summed E-state index contributed by atoms with van der Waals surface area (Å²) in [7, 11) is 1.96. The van der Waals surface area contributed by atoms with Crippen molar-refractivity contribution in [3.8, 4) is 0 Å². The average molecular weight is 248 g/mol. The van der Waals surface area contributed by atoms with Gasteiger partial charge in [-0.3, -0.25) is 9.69 Å². The van der Waals surface area contributed by atoms with Crippen LogP contribution in [-0.4, -0.2) is 49.2 Å². The number of hydrogen-bond acceptors (Lipinski definition) is 3. The van der Waals surface area contributed by atoms with Crippen molar-refractivity contribution in [2.75, 3.05) is 38.2 Å². The number of aliphatic hydroxyl groups excluding tert-OH is 1. The van der Waals surface area contributed by atoms with Crippen LogP contribution in [0.5, 0.6) is 0 Å². The molecule has 1 aromatic rings. The van der Waals surface area contributed by atoms with E-state index in [2.05, 4.69) is 0 Å². The standard InChI is InChI=1S/C14H20N2O2/c1-11(10-17)12-4-3-5-13(8-12)16-7-6-15(2)9-14(16)18/h3-5,8,11,17H,6-7,9-10H2,1-2H3. The van der Waals surface area contributed by atoms with E-state index in [1.807, 2.05) is 48.0 Å². The maximum atomic E-state index is 12.0. The minimum Gasteiger partial charge on any atom is -0.396 e. The zero-order valence-electron chi connectivity index (χ0n) is 11.0. The molecule has 0 aliphatic carbocycles. The SMILES string of the molecule is CC(CO)c1cccc(N2CCN(C)CC2=O)c1. The molecule has 0 aromatic heterocycles. The van der Waals surface area contributed by atoms with Crippen LogP contribution in [0.3, 0.4) is 0 Å². The number of carbonyl (C=O) groups is 1. The Labute approximate surface area is 108 Å². The third-order valence-electron chi connectivity index (χ3n) is 3.44. The summed E-state index contributed by atoms with van der Waals surface area (Å²) < 4.78 is 0. The molecule has 0 bridgehead atoms. The average Bonchev–Trinajstić information content (AvgIpc) is 2.38. The van der Waals surface area contributed by atoms with Crippen LogP contribution in [0.2, 0.25) is 0 Å². The highest BCUT2D eigenvalue weighted by molar-refractivity contribution is 5.95. The van der Waals surface area contributed by atoms with E-state index in [9.17, 15) is 9.90 Å². The van der Waals surface area contributed by atoms with Gasteiger partial charge in [-0.25, -0.2) is 0 Å². The van der Waals surface area contributed by atoms with E-state index in [0.717, 1.165) is 24.3 Å². The van der Waals surface area contributed by atoms with Crippen LogP contribution in [0.25, 0.3) is 0 Å². The fourth-order valence-corrected chi connectivity index (χ4v) is 2.17. The molecule has 4 heteroatoms. The molecule has 4 nitrogen and oxygen atoms in total. The molecule has 1 amide bonds. The van der Waals surface area contributed by atoms with Gasteiger partial charge in [0.05, 0.1) is 6.54 Å². The van der Waals surface area contributed by atoms with E-state index in [-0.39, 0.29) is 18.4 Å². The molecule has 0 saturated carbocycles. The third kappa shape index (κ3) is 2.71. The number of hydrogen-bond donors (Lipinski definition) is 1. The van der Waals surface area contributed by atoms with Crippen molar-refractivity contribution in [3.63, 3.8) is 0 Å². The summed E-state index contributed by atoms with van der Waals surface area (Å²) in [5, 5.41) is 9.19. The van der Waals surface area contributed by atoms with Gasteiger partial charge >= 0.3 is 0 Å². The Bertz CT molecular complexity index is 434. The number of rotatable bonds is 3. The van der Waals surface area contributed by atoms with Crippen LogP contribution in [0.15, 0.2) is 24.3 Å². The Morgan fingerprint density at radius 2 is 2.17 bits per heavy atom. The maximum absolute atomic E-state index is 12.0. The number of aliphatic hydroxyl groups is 1. The number of piperazine rings is 1. The molecule has 1 aliphatic heterocycles. The van der Waals surface area contributed by atoms with Crippen LogP contribution in [0, 0.1) is 0 Å². The molecular formula is C14H20N2O2. The van der Waals surface area contributed by atoms with Crippen LogP contribution < -0.4 is 4.90 Å². The first-order valence-corrected chi connectivity index (χ1v) is 6.31. The largest absolute Gasteiger partial charge is 0.396 e. The van der Waals surface area contributed by atoms with Gasteiger partial charge in [-0.1, -0.05) is 19.1 Å². The third-order valence-corrected chi connectivity index (χ3v) is 3.44. The minimum absolute atomic E-state index is 0.104. The molecular weight excluding hydrogens is 228 g/mol. The topological polar surface area (TPSA) is 43.8 Å². The van der Waals surface area contributed by atoms with Gasteiger partial charge in [-0.15, -0.1) is 0 Å². The summed E-state index contributed by atoms with van der Waals surface area (Å²) in [6.45, 7) is 4.20. The monoisotopic (exact) mass is 248 g/mol. The Morgan fingerprint density at radius 3 is 2.83 bits per heavy atom. The van der Waals surface area contributed by atoms with Gasteiger partial charge in [-0.2, -0.15) is 0 Å². The molecule has 2 rings (SSSR count). The van der Waals surface area contributed by atoms with E-state index in [4.69, 9.17) is 0 Å². The number of likely N-dealkylation sites (N-methyl/N-ethyl adjacent to an activating group) is 1. The molecule has 1 heterocycles. The summed E-state index contributed by atoms with van der Waals surface area (Å²) in [4.78, 5) is 15.8. The van der Waals surface area contributed by atoms with E-state index < -0.39 is 0 Å². The number of nitrogens with zero attached hydrogens (tertiary/aromatic N) is 2. The summed E-state index contributed by atoms with van der Waals surface area (Å²) in [6.07, 6.45) is 0. The summed E-state index contributed by atoms with van der Waals surface area (Å²) in [6, 6.07) is 7.90. The number of benzene rings is 1. The molecule has 18 heavy (non-hydrogen) atoms. The molecule has 0 radical (unpaired) electrons. The van der Waals surface area contributed by atoms with Crippen molar-refractivity contribution < 1.29 is 9.90 Å². The van der Waals surface area contributed by atoms with Gasteiger partial charge in [0.2, 0.25) is 5.91 Å². The van der Waals surface area contributed by atoms with Crippen molar-refractivity contribution in [1.82, 2.24) is 4.90 Å². The fraction of sp³-hybridized carbons (Fsp3) is 0.500. The lowest BCUT2D eigenvalue weighted by Crippen LogP contribution is -2.48. The molecule has 1 fully saturated rings. The lowest BCUT2D eigenvalue weighted by molar-refractivity contribution is -0.120. The molecule has 1 N–H and O–H groups in total. The molecule has 1 unspecified atom stereocenters. The molecule has 1 saturated heterocycles. The molecule has 1 aliphatic rings. The van der Waals surface area contributed by atoms with Crippen molar-refractivity contribution in [3.05, 3.63) is 29.8 Å². The Balaban J connectivity index is 2.20. The van der Waals surface area contributed by atoms with E-state index in [0.29, 0.717) is 6.54 Å². The highest BCUT2D eigenvalue weighted by Gasteiger charge is 2.23. The number of amides is 1. The smallest absolute Gasteiger partial charge is 0.241 e. The highest BCUT2D eigenvalue weighted by Crippen LogP contribution is 2.23. The number of carbonyl (C=O) groups excluding carboxylic acids is 1. The summed E-state index contributed by atoms with van der Waals surface area (Å²) in [5.41, 5.74) is 2.01. The minimum atomic E-state index is 0.104. The van der Waals surface area contributed by atoms with Crippen molar-refractivity contribution in [2.24, 2.45) is 0 Å². The van der Waals surface area contributed by atoms with E-state index in [1.165, 1.54) is 0 Å². The first-order chi connectivity index (χ1) is 8.61. The van der Waals surface area contributed by atoms with E-state index in [1.54, 1.807) is 0 Å². The van der Waals surface area contributed by atoms with E-state index >= 15 is 0 Å². The number of anilines is 1. The molecule has 98 valence electrons. The second kappa shape index (κ2) is 5.50. The van der Waals surface area contributed by atoms with Crippen LogP contribution in [-0.2, 0) is 4.79 Å². The van der Waals surface area contributed by atoms with Crippen LogP contribution >= 0.6 is 0 Å². The second-order valence-electron chi connectivity index (χ2n) is 4.96. The fourth-order valence-electron chi connectivity index (χ4n) is 2.17. The molecule has 1 aromatic carbocycles. The zero-order chi connectivity index (χ0) is 13.1.